The molecule has 1 aromatic heterocycles. The maximum atomic E-state index is 13.8. The minimum Gasteiger partial charge on any atom is -0.493 e. The molecule has 0 saturated carbocycles. The van der Waals surface area contributed by atoms with Crippen LogP contribution in [0, 0.1) is 0 Å². The molecule has 0 bridgehead atoms. The fraction of sp³-hybridized carbons (Fsp3) is 0.179. The summed E-state index contributed by atoms with van der Waals surface area (Å²) in [6.07, 6.45) is 1.87. The summed E-state index contributed by atoms with van der Waals surface area (Å²) in [6, 6.07) is 20.8. The number of nitrogens with zero attached hydrogens (tertiary/aromatic N) is 2. The van der Waals surface area contributed by atoms with Crippen molar-refractivity contribution in [1.29, 1.82) is 0 Å². The lowest BCUT2D eigenvalue weighted by molar-refractivity contribution is -0.136. The van der Waals surface area contributed by atoms with Crippen LogP contribution in [0.25, 0.3) is 16.8 Å². The molecule has 0 amide bonds. The average Bonchev–Trinajstić information content (AvgIpc) is 3.19. The Morgan fingerprint density at radius 2 is 1.83 bits per heavy atom. The molecule has 0 radical (unpaired) electrons. The van der Waals surface area contributed by atoms with E-state index in [2.05, 4.69) is 4.99 Å². The molecule has 3 aromatic carbocycles. The van der Waals surface area contributed by atoms with Crippen molar-refractivity contribution in [2.75, 3.05) is 13.7 Å². The van der Waals surface area contributed by atoms with Crippen LogP contribution in [0.2, 0.25) is 0 Å². The van der Waals surface area contributed by atoms with Gasteiger partial charge in [0, 0.05) is 5.56 Å². The van der Waals surface area contributed by atoms with E-state index < -0.39 is 12.0 Å². The van der Waals surface area contributed by atoms with Gasteiger partial charge in [0.05, 0.1) is 35.6 Å². The van der Waals surface area contributed by atoms with E-state index >= 15 is 0 Å². The van der Waals surface area contributed by atoms with E-state index in [1.807, 2.05) is 79.7 Å². The van der Waals surface area contributed by atoms with Crippen molar-refractivity contribution in [2.45, 2.75) is 19.9 Å². The van der Waals surface area contributed by atoms with Crippen LogP contribution in [0.3, 0.4) is 0 Å². The summed E-state index contributed by atoms with van der Waals surface area (Å²) in [5.74, 6) is 0.213. The van der Waals surface area contributed by atoms with Crippen LogP contribution in [-0.2, 0) is 9.53 Å². The number of carbonyl (C=O) groups is 1. The minimum absolute atomic E-state index is 0.216. The van der Waals surface area contributed by atoms with Crippen molar-refractivity contribution in [3.05, 3.63) is 109 Å². The lowest BCUT2D eigenvalue weighted by atomic mass is 9.96. The predicted octanol–water partition coefficient (Wildman–Crippen LogP) is 3.96. The predicted molar refractivity (Wildman–Crippen MR) is 137 cm³/mol. The number of thiazole rings is 1. The van der Waals surface area contributed by atoms with Gasteiger partial charge >= 0.3 is 5.97 Å². The molecule has 0 spiro atoms. The van der Waals surface area contributed by atoms with Gasteiger partial charge in [0.25, 0.3) is 5.56 Å². The van der Waals surface area contributed by atoms with E-state index in [1.54, 1.807) is 11.5 Å². The highest BCUT2D eigenvalue weighted by Crippen LogP contribution is 2.31. The van der Waals surface area contributed by atoms with Gasteiger partial charge in [-0.15, -0.1) is 0 Å². The summed E-state index contributed by atoms with van der Waals surface area (Å²) < 4.78 is 13.1. The van der Waals surface area contributed by atoms with Gasteiger partial charge in [-0.1, -0.05) is 72.0 Å². The summed E-state index contributed by atoms with van der Waals surface area (Å²) in [7, 11) is 1.34. The molecule has 0 unspecified atom stereocenters. The largest absolute Gasteiger partial charge is 0.493 e. The lowest BCUT2D eigenvalue weighted by Gasteiger charge is -2.24. The van der Waals surface area contributed by atoms with Gasteiger partial charge in [0.1, 0.15) is 5.75 Å². The van der Waals surface area contributed by atoms with Crippen molar-refractivity contribution < 1.29 is 14.3 Å². The molecule has 1 aliphatic heterocycles. The van der Waals surface area contributed by atoms with Crippen LogP contribution in [0.1, 0.15) is 31.0 Å². The molecule has 1 aliphatic rings. The van der Waals surface area contributed by atoms with Gasteiger partial charge in [-0.2, -0.15) is 0 Å². The summed E-state index contributed by atoms with van der Waals surface area (Å²) in [5.41, 5.74) is 2.34. The number of carbonyl (C=O) groups excluding carboxylic acids is 1. The maximum absolute atomic E-state index is 13.8. The van der Waals surface area contributed by atoms with E-state index in [4.69, 9.17) is 9.47 Å². The average molecular weight is 485 g/mol. The van der Waals surface area contributed by atoms with Crippen LogP contribution in [0.15, 0.2) is 87.8 Å². The number of ether oxygens (including phenoxy) is 2. The van der Waals surface area contributed by atoms with E-state index in [-0.39, 0.29) is 5.56 Å². The third kappa shape index (κ3) is 3.98. The molecule has 0 N–H and O–H groups in total. The number of esters is 1. The molecule has 5 rings (SSSR count). The van der Waals surface area contributed by atoms with Gasteiger partial charge in [0.15, 0.2) is 4.80 Å². The molecular formula is C28H24N2O4S. The Hall–Kier alpha value is -3.97. The molecule has 35 heavy (non-hydrogen) atoms. The van der Waals surface area contributed by atoms with E-state index in [1.165, 1.54) is 18.4 Å². The Morgan fingerprint density at radius 3 is 2.57 bits per heavy atom. The highest BCUT2D eigenvalue weighted by Gasteiger charge is 2.32. The Bertz CT molecular complexity index is 1650. The topological polar surface area (TPSA) is 69.9 Å². The third-order valence-corrected chi connectivity index (χ3v) is 7.03. The summed E-state index contributed by atoms with van der Waals surface area (Å²) in [6.45, 7) is 4.22. The number of fused-ring (bicyclic) bond motifs is 2. The van der Waals surface area contributed by atoms with Crippen molar-refractivity contribution in [1.82, 2.24) is 4.57 Å². The standard InChI is InChI=1S/C28H24N2O4S/c1-4-34-22-15-14-18-10-8-9-13-20(18)21(22)16-23-26(31)30-25(19-11-6-5-7-12-19)24(27(32)33-3)17(2)29-28(30)35-23/h5-16,25H,4H2,1-3H3/b23-16-/t25-/m0/s1. The van der Waals surface area contributed by atoms with Crippen LogP contribution in [0.4, 0.5) is 0 Å². The van der Waals surface area contributed by atoms with Crippen molar-refractivity contribution >= 4 is 34.2 Å². The van der Waals surface area contributed by atoms with E-state index in [0.29, 0.717) is 33.0 Å². The first-order valence-corrected chi connectivity index (χ1v) is 12.2. The summed E-state index contributed by atoms with van der Waals surface area (Å²) in [5, 5.41) is 2.05. The first-order chi connectivity index (χ1) is 17.0. The second-order valence-corrected chi connectivity index (χ2v) is 9.12. The van der Waals surface area contributed by atoms with E-state index in [9.17, 15) is 9.59 Å². The zero-order valence-corrected chi connectivity index (χ0v) is 20.5. The molecule has 0 saturated heterocycles. The number of aromatic nitrogens is 1. The molecule has 4 aromatic rings. The van der Waals surface area contributed by atoms with Crippen molar-refractivity contribution in [3.8, 4) is 5.75 Å². The van der Waals surface area contributed by atoms with Crippen LogP contribution in [-0.4, -0.2) is 24.3 Å². The van der Waals surface area contributed by atoms with Gasteiger partial charge < -0.3 is 9.47 Å². The van der Waals surface area contributed by atoms with Crippen molar-refractivity contribution in [2.24, 2.45) is 4.99 Å². The number of rotatable bonds is 5. The highest BCUT2D eigenvalue weighted by atomic mass is 32.1. The second kappa shape index (κ2) is 9.35. The molecule has 2 heterocycles. The smallest absolute Gasteiger partial charge is 0.338 e. The molecule has 0 fully saturated rings. The Morgan fingerprint density at radius 1 is 1.09 bits per heavy atom. The number of hydrogen-bond acceptors (Lipinski definition) is 6. The van der Waals surface area contributed by atoms with Gasteiger partial charge in [-0.25, -0.2) is 9.79 Å². The quantitative estimate of drug-likeness (QED) is 0.402. The minimum atomic E-state index is -0.624. The highest BCUT2D eigenvalue weighted by molar-refractivity contribution is 7.07. The number of hydrogen-bond donors (Lipinski definition) is 0. The number of methoxy groups -OCH3 is 1. The van der Waals surface area contributed by atoms with Gasteiger partial charge in [0.2, 0.25) is 0 Å². The zero-order chi connectivity index (χ0) is 24.5. The SMILES string of the molecule is CCOc1ccc2ccccc2c1/C=c1\sc2n(c1=O)[C@@H](c1ccccc1)C(C(=O)OC)=C(C)N=2. The normalized spacial score (nSPS) is 15.6. The van der Waals surface area contributed by atoms with Gasteiger partial charge in [-0.3, -0.25) is 9.36 Å². The van der Waals surface area contributed by atoms with Crippen LogP contribution < -0.4 is 19.6 Å². The van der Waals surface area contributed by atoms with Crippen molar-refractivity contribution in [3.63, 3.8) is 0 Å². The molecule has 6 nitrogen and oxygen atoms in total. The monoisotopic (exact) mass is 484 g/mol. The molecular weight excluding hydrogens is 460 g/mol. The second-order valence-electron chi connectivity index (χ2n) is 8.12. The maximum Gasteiger partial charge on any atom is 0.338 e. The summed E-state index contributed by atoms with van der Waals surface area (Å²) >= 11 is 1.30. The first-order valence-electron chi connectivity index (χ1n) is 11.3. The molecule has 176 valence electrons. The molecule has 0 aliphatic carbocycles. The first kappa shape index (κ1) is 22.8. The third-order valence-electron chi connectivity index (χ3n) is 6.05. The van der Waals surface area contributed by atoms with Crippen LogP contribution >= 0.6 is 11.3 Å². The Balaban J connectivity index is 1.79. The molecule has 7 heteroatoms. The van der Waals surface area contributed by atoms with Gasteiger partial charge in [-0.05, 0) is 42.3 Å². The fourth-order valence-corrected chi connectivity index (χ4v) is 5.51. The number of benzene rings is 3. The number of allylic oxidation sites excluding steroid dienone is 1. The van der Waals surface area contributed by atoms with E-state index in [0.717, 1.165) is 21.9 Å². The Labute approximate surface area is 206 Å². The summed E-state index contributed by atoms with van der Waals surface area (Å²) in [4.78, 5) is 31.8. The fourth-order valence-electron chi connectivity index (χ4n) is 4.48. The zero-order valence-electron chi connectivity index (χ0n) is 19.6. The molecule has 1 atom stereocenters. The lowest BCUT2D eigenvalue weighted by Crippen LogP contribution is -2.39. The van der Waals surface area contributed by atoms with Crippen LogP contribution in [0.5, 0.6) is 5.75 Å². The Kier molecular flexibility index (Phi) is 6.09.